The molecule has 0 aromatic heterocycles. The van der Waals surface area contributed by atoms with Crippen LogP contribution in [0.4, 0.5) is 0 Å². The van der Waals surface area contributed by atoms with E-state index in [1.807, 2.05) is 13.8 Å². The van der Waals surface area contributed by atoms with Gasteiger partial charge in [0.15, 0.2) is 0 Å². The van der Waals surface area contributed by atoms with Crippen molar-refractivity contribution in [3.8, 4) is 0 Å². The number of fused-ring (bicyclic) bond motifs is 1. The van der Waals surface area contributed by atoms with Crippen molar-refractivity contribution in [1.29, 1.82) is 0 Å². The number of hydrogen-bond acceptors (Lipinski definition) is 2. The number of aliphatic imine (C=N–C) groups is 2. The van der Waals surface area contributed by atoms with Gasteiger partial charge in [-0.25, -0.2) is 0 Å². The highest BCUT2D eigenvalue weighted by Crippen LogP contribution is 2.32. The third-order valence-corrected chi connectivity index (χ3v) is 4.10. The normalized spacial score (nSPS) is 36.6. The minimum absolute atomic E-state index is 0.243. The van der Waals surface area contributed by atoms with E-state index in [2.05, 4.69) is 41.8 Å². The fraction of sp³-hybridized carbons (Fsp3) is 0.778. The van der Waals surface area contributed by atoms with Gasteiger partial charge in [-0.3, -0.25) is 9.98 Å². The molecule has 0 amide bonds. The van der Waals surface area contributed by atoms with Gasteiger partial charge < -0.3 is 0 Å². The van der Waals surface area contributed by atoms with Crippen molar-refractivity contribution in [2.75, 3.05) is 0 Å². The molecule has 2 unspecified atom stereocenters. The molecular weight excluding hydrogens is 296 g/mol. The zero-order chi connectivity index (χ0) is 9.64. The number of rotatable bonds is 0. The smallest absolute Gasteiger partial charge is 0.145 e. The van der Waals surface area contributed by atoms with Gasteiger partial charge in [0, 0.05) is 0 Å². The highest BCUT2D eigenvalue weighted by Gasteiger charge is 2.37. The summed E-state index contributed by atoms with van der Waals surface area (Å²) < 4.78 is 0. The molecule has 2 atom stereocenters. The molecule has 0 spiro atoms. The lowest BCUT2D eigenvalue weighted by Gasteiger charge is -2.22. The van der Waals surface area contributed by atoms with Crippen LogP contribution in [0.5, 0.6) is 0 Å². The Hall–Kier alpha value is 0.300. The SMILES string of the molecule is CC1(C)N=C2C(=N1)C(Br)CCC2Br. The molecule has 2 rings (SSSR count). The predicted octanol–water partition coefficient (Wildman–Crippen LogP) is 2.94. The zero-order valence-electron chi connectivity index (χ0n) is 7.72. The number of hydrogen-bond donors (Lipinski definition) is 0. The van der Waals surface area contributed by atoms with E-state index in [1.54, 1.807) is 0 Å². The highest BCUT2D eigenvalue weighted by molar-refractivity contribution is 9.10. The number of nitrogens with zero attached hydrogens (tertiary/aromatic N) is 2. The van der Waals surface area contributed by atoms with Crippen molar-refractivity contribution in [1.82, 2.24) is 0 Å². The van der Waals surface area contributed by atoms with Crippen molar-refractivity contribution in [2.45, 2.75) is 42.0 Å². The second kappa shape index (κ2) is 3.16. The van der Waals surface area contributed by atoms with E-state index in [0.29, 0.717) is 9.65 Å². The summed E-state index contributed by atoms with van der Waals surface area (Å²) >= 11 is 7.28. The Kier molecular flexibility index (Phi) is 2.39. The molecule has 72 valence electrons. The summed E-state index contributed by atoms with van der Waals surface area (Å²) in [5.41, 5.74) is 2.06. The first kappa shape index (κ1) is 9.84. The molecule has 1 fully saturated rings. The third-order valence-electron chi connectivity index (χ3n) is 2.32. The maximum Gasteiger partial charge on any atom is 0.145 e. The summed E-state index contributed by atoms with van der Waals surface area (Å²) in [4.78, 5) is 10.0. The molecule has 0 aromatic rings. The fourth-order valence-electron chi connectivity index (χ4n) is 1.76. The Balaban J connectivity index is 2.39. The minimum Gasteiger partial charge on any atom is -0.257 e. The van der Waals surface area contributed by atoms with Crippen molar-refractivity contribution in [3.05, 3.63) is 0 Å². The Morgan fingerprint density at radius 2 is 1.46 bits per heavy atom. The van der Waals surface area contributed by atoms with Gasteiger partial charge in [-0.1, -0.05) is 31.9 Å². The number of alkyl halides is 2. The average molecular weight is 308 g/mol. The Morgan fingerprint density at radius 1 is 1.08 bits per heavy atom. The van der Waals surface area contributed by atoms with E-state index < -0.39 is 0 Å². The van der Waals surface area contributed by atoms with Crippen LogP contribution in [-0.4, -0.2) is 26.7 Å². The van der Waals surface area contributed by atoms with Crippen LogP contribution in [0.3, 0.4) is 0 Å². The van der Waals surface area contributed by atoms with Gasteiger partial charge in [-0.15, -0.1) is 0 Å². The molecule has 1 aliphatic heterocycles. The third kappa shape index (κ3) is 1.75. The summed E-state index contributed by atoms with van der Waals surface area (Å²) in [5, 5.41) is 0. The van der Waals surface area contributed by atoms with Crippen LogP contribution in [-0.2, 0) is 0 Å². The highest BCUT2D eigenvalue weighted by atomic mass is 79.9. The van der Waals surface area contributed by atoms with Gasteiger partial charge in [0.05, 0.1) is 21.1 Å². The zero-order valence-corrected chi connectivity index (χ0v) is 10.9. The minimum atomic E-state index is -0.243. The quantitative estimate of drug-likeness (QED) is 0.615. The van der Waals surface area contributed by atoms with Crippen molar-refractivity contribution >= 4 is 43.3 Å². The molecule has 1 heterocycles. The topological polar surface area (TPSA) is 24.7 Å². The first-order valence-electron chi connectivity index (χ1n) is 4.47. The summed E-state index contributed by atoms with van der Waals surface area (Å²) in [5.74, 6) is 0. The molecule has 0 aromatic carbocycles. The van der Waals surface area contributed by atoms with Crippen LogP contribution in [0.15, 0.2) is 9.98 Å². The molecule has 0 radical (unpaired) electrons. The van der Waals surface area contributed by atoms with Gasteiger partial charge in [0.2, 0.25) is 0 Å². The van der Waals surface area contributed by atoms with Crippen molar-refractivity contribution < 1.29 is 0 Å². The lowest BCUT2D eigenvalue weighted by atomic mass is 9.96. The van der Waals surface area contributed by atoms with E-state index in [0.717, 1.165) is 24.3 Å². The van der Waals surface area contributed by atoms with Crippen LogP contribution in [0.25, 0.3) is 0 Å². The van der Waals surface area contributed by atoms with E-state index >= 15 is 0 Å². The van der Waals surface area contributed by atoms with Gasteiger partial charge in [-0.05, 0) is 26.7 Å². The van der Waals surface area contributed by atoms with E-state index in [-0.39, 0.29) is 5.66 Å². The summed E-state index contributed by atoms with van der Waals surface area (Å²) in [6.45, 7) is 4.09. The molecular formula is C9H12Br2N2. The lowest BCUT2D eigenvalue weighted by Crippen LogP contribution is -2.34. The van der Waals surface area contributed by atoms with Crippen LogP contribution >= 0.6 is 31.9 Å². The van der Waals surface area contributed by atoms with Gasteiger partial charge in [0.1, 0.15) is 5.66 Å². The Morgan fingerprint density at radius 3 is 1.85 bits per heavy atom. The van der Waals surface area contributed by atoms with Crippen LogP contribution in [0.2, 0.25) is 0 Å². The molecule has 1 aliphatic carbocycles. The molecule has 13 heavy (non-hydrogen) atoms. The van der Waals surface area contributed by atoms with Crippen LogP contribution in [0.1, 0.15) is 26.7 Å². The summed E-state index contributed by atoms with van der Waals surface area (Å²) in [6.07, 6.45) is 2.29. The molecule has 4 heteroatoms. The van der Waals surface area contributed by atoms with Gasteiger partial charge in [0.25, 0.3) is 0 Å². The lowest BCUT2D eigenvalue weighted by molar-refractivity contribution is 0.566. The maximum atomic E-state index is 4.61. The second-order valence-electron chi connectivity index (χ2n) is 4.00. The monoisotopic (exact) mass is 306 g/mol. The molecule has 0 saturated heterocycles. The molecule has 0 bridgehead atoms. The fourth-order valence-corrected chi connectivity index (χ4v) is 2.96. The van der Waals surface area contributed by atoms with Crippen molar-refractivity contribution in [2.24, 2.45) is 9.98 Å². The summed E-state index contributed by atoms with van der Waals surface area (Å²) in [7, 11) is 0. The second-order valence-corrected chi connectivity index (χ2v) is 6.21. The average Bonchev–Trinajstić information content (AvgIpc) is 2.35. The van der Waals surface area contributed by atoms with E-state index in [9.17, 15) is 0 Å². The van der Waals surface area contributed by atoms with Crippen LogP contribution in [0, 0.1) is 0 Å². The predicted molar refractivity (Wildman–Crippen MR) is 63.6 cm³/mol. The molecule has 1 saturated carbocycles. The van der Waals surface area contributed by atoms with E-state index in [1.165, 1.54) is 0 Å². The largest absolute Gasteiger partial charge is 0.257 e. The van der Waals surface area contributed by atoms with E-state index in [4.69, 9.17) is 0 Å². The summed E-state index contributed by atoms with van der Waals surface area (Å²) in [6, 6.07) is 0. The van der Waals surface area contributed by atoms with Gasteiger partial charge >= 0.3 is 0 Å². The molecule has 2 aliphatic rings. The molecule has 0 N–H and O–H groups in total. The van der Waals surface area contributed by atoms with Crippen molar-refractivity contribution in [3.63, 3.8) is 0 Å². The number of halogens is 2. The Labute approximate surface area is 95.2 Å². The maximum absolute atomic E-state index is 4.61. The van der Waals surface area contributed by atoms with Crippen LogP contribution < -0.4 is 0 Å². The first-order chi connectivity index (χ1) is 5.99. The molecule has 2 nitrogen and oxygen atoms in total. The van der Waals surface area contributed by atoms with Gasteiger partial charge in [-0.2, -0.15) is 0 Å². The first-order valence-corrected chi connectivity index (χ1v) is 6.31. The standard InChI is InChI=1S/C9H12Br2N2/c1-9(2)12-7-5(10)3-4-6(11)8(7)13-9/h5-6H,3-4H2,1-2H3. The Bertz CT molecular complexity index is 266.